The monoisotopic (exact) mass is 1160 g/mol. The predicted molar refractivity (Wildman–Crippen MR) is 308 cm³/mol. The van der Waals surface area contributed by atoms with Crippen molar-refractivity contribution in [1.82, 2.24) is 10.2 Å². The zero-order valence-corrected chi connectivity index (χ0v) is 47.9. The molecule has 442 valence electrons. The summed E-state index contributed by atoms with van der Waals surface area (Å²) in [6.45, 7) is 11.0. The SMILES string of the molecule is CCN(CC)CC.COC.FC(F)C(=S)OCCC(c1ccccc1)c1ccccc1.NC[C@H]1CN(c2ccc(C3CCC(O)CC3)c(F)c2)C(=O)O1.O=C1O[C@@H](CNC(=S)C(F)F)CN1c1ccc(C2CCC(O)CC2)c(F)c1. The second-order valence-corrected chi connectivity index (χ2v) is 20.4. The van der Waals surface area contributed by atoms with E-state index in [-0.39, 0.29) is 68.1 Å². The summed E-state index contributed by atoms with van der Waals surface area (Å²) in [7, 11) is 3.25. The lowest BCUT2D eigenvalue weighted by Crippen LogP contribution is -2.36. The van der Waals surface area contributed by atoms with Gasteiger partial charge in [0.1, 0.15) is 28.8 Å². The fraction of sp³-hybridized carbons (Fsp3) is 0.525. The number of alkyl halides is 4. The zero-order chi connectivity index (χ0) is 58.7. The van der Waals surface area contributed by atoms with E-state index in [1.165, 1.54) is 41.6 Å². The molecule has 2 aliphatic heterocycles. The lowest BCUT2D eigenvalue weighted by atomic mass is 9.82. The molecule has 4 aromatic carbocycles. The molecule has 4 aliphatic rings. The number of carbonyl (C=O) groups is 2. The van der Waals surface area contributed by atoms with E-state index in [0.29, 0.717) is 61.2 Å². The number of aliphatic hydroxyl groups is 2. The van der Waals surface area contributed by atoms with E-state index in [1.54, 1.807) is 38.5 Å². The highest BCUT2D eigenvalue weighted by Crippen LogP contribution is 2.38. The number of amides is 2. The van der Waals surface area contributed by atoms with Gasteiger partial charge < -0.3 is 45.1 Å². The number of hydrogen-bond donors (Lipinski definition) is 4. The summed E-state index contributed by atoms with van der Waals surface area (Å²) in [5.74, 6) is -0.405. The molecular formula is C59H79F6N5O8S2. The lowest BCUT2D eigenvalue weighted by Gasteiger charge is -2.26. The molecule has 2 saturated carbocycles. The van der Waals surface area contributed by atoms with E-state index >= 15 is 0 Å². The first-order valence-electron chi connectivity index (χ1n) is 27.2. The molecule has 2 heterocycles. The molecule has 0 bridgehead atoms. The third-order valence-electron chi connectivity index (χ3n) is 14.2. The van der Waals surface area contributed by atoms with Gasteiger partial charge in [0.15, 0.2) is 0 Å². The van der Waals surface area contributed by atoms with Gasteiger partial charge in [-0.2, -0.15) is 0 Å². The highest BCUT2D eigenvalue weighted by atomic mass is 32.1. The van der Waals surface area contributed by atoms with Crippen LogP contribution in [0.25, 0.3) is 0 Å². The van der Waals surface area contributed by atoms with Crippen molar-refractivity contribution in [3.8, 4) is 0 Å². The number of carbonyl (C=O) groups excluding carboxylic acids is 2. The zero-order valence-electron chi connectivity index (χ0n) is 46.3. The van der Waals surface area contributed by atoms with Gasteiger partial charge in [0.25, 0.3) is 6.43 Å². The normalized spacial score (nSPS) is 20.5. The molecule has 21 heteroatoms. The number of hydrogen-bond acceptors (Lipinski definition) is 12. The second-order valence-electron chi connectivity index (χ2n) is 19.6. The van der Waals surface area contributed by atoms with Crippen LogP contribution in [0.15, 0.2) is 97.1 Å². The van der Waals surface area contributed by atoms with Gasteiger partial charge >= 0.3 is 18.6 Å². The van der Waals surface area contributed by atoms with Crippen molar-refractivity contribution in [3.63, 3.8) is 0 Å². The van der Waals surface area contributed by atoms with E-state index in [0.717, 1.165) is 36.8 Å². The van der Waals surface area contributed by atoms with Crippen LogP contribution in [0.3, 0.4) is 0 Å². The molecule has 4 fully saturated rings. The molecule has 2 aliphatic carbocycles. The van der Waals surface area contributed by atoms with Crippen LogP contribution in [0.2, 0.25) is 0 Å². The Morgan fingerprint density at radius 2 is 1.09 bits per heavy atom. The van der Waals surface area contributed by atoms with Crippen LogP contribution in [0.4, 0.5) is 47.3 Å². The van der Waals surface area contributed by atoms with Crippen LogP contribution in [-0.4, -0.2) is 141 Å². The van der Waals surface area contributed by atoms with Crippen molar-refractivity contribution in [2.75, 3.05) is 76.4 Å². The minimum absolute atomic E-state index is 0.0314. The van der Waals surface area contributed by atoms with E-state index in [1.807, 2.05) is 60.7 Å². The molecule has 5 N–H and O–H groups in total. The molecule has 0 aromatic heterocycles. The summed E-state index contributed by atoms with van der Waals surface area (Å²) in [4.78, 5) is 28.3. The molecule has 13 nitrogen and oxygen atoms in total. The summed E-state index contributed by atoms with van der Waals surface area (Å²) >= 11 is 8.98. The van der Waals surface area contributed by atoms with Crippen LogP contribution in [0.1, 0.15) is 119 Å². The van der Waals surface area contributed by atoms with Gasteiger partial charge in [0, 0.05) is 26.7 Å². The summed E-state index contributed by atoms with van der Waals surface area (Å²) < 4.78 is 97.9. The Balaban J connectivity index is 0.000000239. The summed E-state index contributed by atoms with van der Waals surface area (Å²) in [5.41, 5.74) is 9.87. The molecular weight excluding hydrogens is 1080 g/mol. The first-order valence-corrected chi connectivity index (χ1v) is 28.0. The lowest BCUT2D eigenvalue weighted by molar-refractivity contribution is 0.121. The van der Waals surface area contributed by atoms with E-state index in [2.05, 4.69) is 60.2 Å². The maximum Gasteiger partial charge on any atom is 0.414 e. The van der Waals surface area contributed by atoms with Gasteiger partial charge in [-0.05, 0) is 148 Å². The first kappa shape index (κ1) is 67.1. The van der Waals surface area contributed by atoms with E-state index < -0.39 is 47.0 Å². The minimum atomic E-state index is -2.77. The van der Waals surface area contributed by atoms with Crippen LogP contribution >= 0.6 is 24.4 Å². The topological polar surface area (TPSA) is 159 Å². The number of nitrogens with one attached hydrogen (secondary N) is 1. The van der Waals surface area contributed by atoms with Crippen molar-refractivity contribution >= 4 is 58.0 Å². The van der Waals surface area contributed by atoms with Crippen molar-refractivity contribution in [1.29, 1.82) is 0 Å². The maximum absolute atomic E-state index is 14.6. The number of anilines is 2. The van der Waals surface area contributed by atoms with Gasteiger partial charge in [-0.15, -0.1) is 0 Å². The predicted octanol–water partition coefficient (Wildman–Crippen LogP) is 11.9. The summed E-state index contributed by atoms with van der Waals surface area (Å²) in [5, 5.41) is 20.9. The summed E-state index contributed by atoms with van der Waals surface area (Å²) in [6, 6.07) is 29.4. The molecule has 8 rings (SSSR count). The fourth-order valence-corrected chi connectivity index (χ4v) is 9.86. The number of rotatable bonds is 17. The number of nitrogens with two attached hydrogens (primary N) is 1. The average Bonchev–Trinajstić information content (AvgIpc) is 4.05. The Morgan fingerprint density at radius 1 is 0.675 bits per heavy atom. The standard InChI is InChI=1S/C18H21F3N2O3S.C17H16F2OS.C16H21FN2O3.C6H15N.C2H6O/c19-15-7-11(3-6-14(15)10-1-4-12(24)5-2-10)23-9-13(26-18(23)25)8-22-17(27)16(20)21;18-16(19)17(21)20-12-11-15(13-7-3-1-4-8-13)14-9-5-2-6-10-14;17-15-7-11(19-9-13(8-18)22-16(19)21)3-6-14(15)10-1-4-12(20)5-2-10;1-4-7(5-2)6-3;1-3-2/h3,6-7,10,12-13,16,24H,1-2,4-5,8-9H2,(H,22,27);1-10,15-16H,11-12H2;3,6-7,10,12-13,20H,1-2,4-5,8-9,18H2;4-6H2,1-3H3;1-2H3/t10?,12?,13-;;10?,12?,13-;;/m0.0../s1. The van der Waals surface area contributed by atoms with Gasteiger partial charge in [0.2, 0.25) is 5.05 Å². The highest BCUT2D eigenvalue weighted by Gasteiger charge is 2.35. The minimum Gasteiger partial charge on any atom is -0.482 e. The Morgan fingerprint density at radius 3 is 1.44 bits per heavy atom. The van der Waals surface area contributed by atoms with Gasteiger partial charge in [-0.1, -0.05) is 106 Å². The quantitative estimate of drug-likeness (QED) is 0.0585. The number of cyclic esters (lactones) is 2. The van der Waals surface area contributed by atoms with Crippen LogP contribution < -0.4 is 20.9 Å². The molecule has 0 spiro atoms. The average molecular weight is 1160 g/mol. The third-order valence-corrected chi connectivity index (χ3v) is 14.8. The van der Waals surface area contributed by atoms with Crippen molar-refractivity contribution in [3.05, 3.63) is 131 Å². The largest absolute Gasteiger partial charge is 0.482 e. The van der Waals surface area contributed by atoms with Crippen LogP contribution in [-0.2, 0) is 18.9 Å². The number of halogens is 6. The fourth-order valence-electron chi connectivity index (χ4n) is 9.70. The molecule has 2 amide bonds. The number of aliphatic hydroxyl groups excluding tert-OH is 2. The number of thiocarbonyl (C=S) groups is 2. The molecule has 2 saturated heterocycles. The van der Waals surface area contributed by atoms with Gasteiger partial charge in [0.05, 0.1) is 49.8 Å². The third kappa shape index (κ3) is 21.5. The Bertz CT molecular complexity index is 2430. The molecule has 80 heavy (non-hydrogen) atoms. The smallest absolute Gasteiger partial charge is 0.414 e. The maximum atomic E-state index is 14.6. The molecule has 4 aromatic rings. The van der Waals surface area contributed by atoms with E-state index in [4.69, 9.17) is 19.9 Å². The Labute approximate surface area is 478 Å². The first-order chi connectivity index (χ1) is 38.4. The van der Waals surface area contributed by atoms with Crippen molar-refractivity contribution in [2.45, 2.75) is 134 Å². The Kier molecular flexibility index (Phi) is 29.7. The van der Waals surface area contributed by atoms with Gasteiger partial charge in [-0.25, -0.2) is 35.9 Å². The van der Waals surface area contributed by atoms with Crippen LogP contribution in [0.5, 0.6) is 0 Å². The molecule has 2 atom stereocenters. The van der Waals surface area contributed by atoms with Crippen molar-refractivity contribution < 1.29 is 65.1 Å². The second kappa shape index (κ2) is 35.4. The number of benzene rings is 4. The highest BCUT2D eigenvalue weighted by molar-refractivity contribution is 7.80. The van der Waals surface area contributed by atoms with Crippen molar-refractivity contribution in [2.24, 2.45) is 5.73 Å². The number of methoxy groups -OCH3 is 1. The van der Waals surface area contributed by atoms with Gasteiger partial charge in [-0.3, -0.25) is 9.80 Å². The number of nitrogens with zero attached hydrogens (tertiary/aromatic N) is 3. The van der Waals surface area contributed by atoms with Crippen LogP contribution in [0, 0.1) is 11.6 Å². The number of ether oxygens (including phenoxy) is 4. The molecule has 0 radical (unpaired) electrons. The van der Waals surface area contributed by atoms with E-state index in [9.17, 15) is 46.1 Å². The Hall–Kier alpha value is -5.42. The molecule has 0 unspecified atom stereocenters. The summed E-state index contributed by atoms with van der Waals surface area (Å²) in [6.07, 6.45) is -1.82.